The lowest BCUT2D eigenvalue weighted by atomic mass is 9.99. The summed E-state index contributed by atoms with van der Waals surface area (Å²) in [6, 6.07) is 1.98. The molecule has 33 heavy (non-hydrogen) atoms. The van der Waals surface area contributed by atoms with Gasteiger partial charge in [-0.05, 0) is 30.7 Å². The highest BCUT2D eigenvalue weighted by Gasteiger charge is 2.22. The molecule has 2 heterocycles. The predicted octanol–water partition coefficient (Wildman–Crippen LogP) is 3.08. The summed E-state index contributed by atoms with van der Waals surface area (Å²) in [5.41, 5.74) is 4.52. The van der Waals surface area contributed by atoms with Crippen LogP contribution in [0.15, 0.2) is 28.9 Å². The number of pyridine rings is 1. The summed E-state index contributed by atoms with van der Waals surface area (Å²) >= 11 is 6.00. The Hall–Kier alpha value is -3.64. The van der Waals surface area contributed by atoms with Gasteiger partial charge in [0, 0.05) is 30.8 Å². The van der Waals surface area contributed by atoms with E-state index in [1.165, 1.54) is 26.3 Å². The van der Waals surface area contributed by atoms with Gasteiger partial charge in [0.15, 0.2) is 0 Å². The van der Waals surface area contributed by atoms with Crippen LogP contribution >= 0.6 is 11.6 Å². The van der Waals surface area contributed by atoms with Crippen LogP contribution in [0.5, 0.6) is 0 Å². The van der Waals surface area contributed by atoms with E-state index in [4.69, 9.17) is 16.1 Å². The zero-order chi connectivity index (χ0) is 24.1. The minimum absolute atomic E-state index is 0.0247. The number of benzene rings is 1. The zero-order valence-electron chi connectivity index (χ0n) is 17.7. The largest absolute Gasteiger partial charge is 0.375 e. The van der Waals surface area contributed by atoms with Crippen molar-refractivity contribution in [2.45, 2.75) is 19.9 Å². The number of urea groups is 1. The number of aryl methyl sites for hydroxylation is 1. The van der Waals surface area contributed by atoms with Crippen molar-refractivity contribution in [1.82, 2.24) is 31.3 Å². The van der Waals surface area contributed by atoms with Crippen molar-refractivity contribution in [3.8, 4) is 22.5 Å². The zero-order valence-corrected chi connectivity index (χ0v) is 18.5. The molecule has 3 rings (SSSR count). The molecule has 1 unspecified atom stereocenters. The van der Waals surface area contributed by atoms with Gasteiger partial charge in [-0.1, -0.05) is 16.8 Å². The van der Waals surface area contributed by atoms with Gasteiger partial charge in [-0.3, -0.25) is 15.2 Å². The number of nitrogens with zero attached hydrogens (tertiary/aromatic N) is 3. The molecule has 0 saturated heterocycles. The van der Waals surface area contributed by atoms with Crippen molar-refractivity contribution in [2.75, 3.05) is 13.7 Å². The first-order valence-corrected chi connectivity index (χ1v) is 9.87. The van der Waals surface area contributed by atoms with Crippen LogP contribution in [-0.2, 0) is 9.53 Å². The molecule has 0 bridgehead atoms. The van der Waals surface area contributed by atoms with Crippen molar-refractivity contribution in [2.24, 2.45) is 0 Å². The number of hydrogen-bond acceptors (Lipinski definition) is 7. The molecule has 0 aliphatic carbocycles. The quantitative estimate of drug-likeness (QED) is 0.462. The van der Waals surface area contributed by atoms with Crippen molar-refractivity contribution in [3.63, 3.8) is 0 Å². The fourth-order valence-electron chi connectivity index (χ4n) is 2.94. The number of ether oxygens (including phenoxy) is 1. The third kappa shape index (κ3) is 5.79. The molecule has 1 aromatic carbocycles. The van der Waals surface area contributed by atoms with E-state index in [9.17, 15) is 18.4 Å². The average molecular weight is 481 g/mol. The molecular weight excluding hydrogens is 462 g/mol. The Morgan fingerprint density at radius 2 is 1.97 bits per heavy atom. The lowest BCUT2D eigenvalue weighted by molar-refractivity contribution is -0.125. The summed E-state index contributed by atoms with van der Waals surface area (Å²) in [6.07, 6.45) is 1.30. The third-order valence-electron chi connectivity index (χ3n) is 4.34. The van der Waals surface area contributed by atoms with Crippen LogP contribution in [0.4, 0.5) is 13.6 Å². The number of methoxy groups -OCH3 is 1. The van der Waals surface area contributed by atoms with Gasteiger partial charge in [-0.2, -0.15) is 4.98 Å². The molecule has 0 aliphatic heterocycles. The van der Waals surface area contributed by atoms with E-state index >= 15 is 0 Å². The molecule has 10 nitrogen and oxygen atoms in total. The molecule has 0 spiro atoms. The maximum Gasteiger partial charge on any atom is 0.334 e. The number of carbonyl (C=O) groups excluding carboxylic acids is 2. The number of hydrogen-bond donors (Lipinski definition) is 3. The van der Waals surface area contributed by atoms with Crippen LogP contribution in [0.25, 0.3) is 22.5 Å². The first-order valence-electron chi connectivity index (χ1n) is 9.49. The lowest BCUT2D eigenvalue weighted by Gasteiger charge is -2.16. The summed E-state index contributed by atoms with van der Waals surface area (Å²) in [7, 11) is 1.32. The Labute approximate surface area is 191 Å². The van der Waals surface area contributed by atoms with Gasteiger partial charge in [0.2, 0.25) is 11.7 Å². The number of hydrazine groups is 1. The molecule has 13 heteroatoms. The molecule has 0 aliphatic rings. The van der Waals surface area contributed by atoms with Crippen LogP contribution in [0.1, 0.15) is 24.6 Å². The predicted molar refractivity (Wildman–Crippen MR) is 113 cm³/mol. The van der Waals surface area contributed by atoms with Gasteiger partial charge < -0.3 is 14.6 Å². The summed E-state index contributed by atoms with van der Waals surface area (Å²) in [5.74, 6) is -1.86. The molecule has 0 saturated carbocycles. The molecular formula is C20H19ClF2N6O4. The second kappa shape index (κ2) is 10.3. The Bertz CT molecular complexity index is 1190. The average Bonchev–Trinajstić information content (AvgIpc) is 3.17. The highest BCUT2D eigenvalue weighted by atomic mass is 35.5. The molecule has 3 aromatic rings. The van der Waals surface area contributed by atoms with E-state index in [1.54, 1.807) is 6.92 Å². The smallest absolute Gasteiger partial charge is 0.334 e. The second-order valence-corrected chi connectivity index (χ2v) is 7.28. The van der Waals surface area contributed by atoms with Gasteiger partial charge in [-0.25, -0.2) is 19.0 Å². The second-order valence-electron chi connectivity index (χ2n) is 6.84. The lowest BCUT2D eigenvalue weighted by Crippen LogP contribution is -2.48. The minimum Gasteiger partial charge on any atom is -0.375 e. The van der Waals surface area contributed by atoms with Gasteiger partial charge in [0.1, 0.15) is 18.2 Å². The number of rotatable bonds is 6. The Morgan fingerprint density at radius 3 is 2.61 bits per heavy atom. The molecule has 2 aromatic heterocycles. The normalized spacial score (nSPS) is 11.7. The number of halogens is 3. The fraction of sp³-hybridized carbons (Fsp3) is 0.250. The molecule has 3 amide bonds. The van der Waals surface area contributed by atoms with E-state index < -0.39 is 29.6 Å². The first kappa shape index (κ1) is 24.0. The number of aromatic nitrogens is 3. The molecule has 0 radical (unpaired) electrons. The van der Waals surface area contributed by atoms with Gasteiger partial charge in [0.05, 0.1) is 17.3 Å². The Morgan fingerprint density at radius 1 is 1.21 bits per heavy atom. The number of amides is 3. The van der Waals surface area contributed by atoms with Gasteiger partial charge in [0.25, 0.3) is 5.91 Å². The summed E-state index contributed by atoms with van der Waals surface area (Å²) in [4.78, 5) is 31.3. The molecule has 3 N–H and O–H groups in total. The number of nitrogens with one attached hydrogen (secondary N) is 3. The fourth-order valence-corrected chi connectivity index (χ4v) is 3.14. The third-order valence-corrected chi connectivity index (χ3v) is 4.55. The van der Waals surface area contributed by atoms with E-state index in [0.717, 1.165) is 12.1 Å². The summed E-state index contributed by atoms with van der Waals surface area (Å²) in [5, 5.41) is 6.24. The highest BCUT2D eigenvalue weighted by molar-refractivity contribution is 6.31. The van der Waals surface area contributed by atoms with Crippen LogP contribution in [0.2, 0.25) is 5.02 Å². The van der Waals surface area contributed by atoms with Crippen LogP contribution in [-0.4, -0.2) is 40.8 Å². The van der Waals surface area contributed by atoms with Gasteiger partial charge >= 0.3 is 6.03 Å². The Kier molecular flexibility index (Phi) is 7.51. The highest BCUT2D eigenvalue weighted by Crippen LogP contribution is 2.36. The molecule has 0 fully saturated rings. The van der Waals surface area contributed by atoms with Crippen molar-refractivity contribution >= 4 is 23.5 Å². The first-order chi connectivity index (χ1) is 15.7. The van der Waals surface area contributed by atoms with Crippen molar-refractivity contribution in [1.29, 1.82) is 0 Å². The van der Waals surface area contributed by atoms with Gasteiger partial charge in [-0.15, -0.1) is 0 Å². The monoisotopic (exact) mass is 480 g/mol. The topological polar surface area (TPSA) is 131 Å². The summed E-state index contributed by atoms with van der Waals surface area (Å²) in [6.45, 7) is 2.80. The standard InChI is InChI=1S/C20H19ClF2N6O4/c1-9(25-20(31)28-27-16(30)8-32-3)18-15(23)4-11(7-24-18)13-5-12(21)6-14(22)17(13)19-26-10(2)33-29-19/h4-7,9H,8H2,1-3H3,(H,27,30)(H2,25,28,31). The Balaban J connectivity index is 1.84. The van der Waals surface area contributed by atoms with E-state index in [-0.39, 0.29) is 45.7 Å². The van der Waals surface area contributed by atoms with E-state index in [2.05, 4.69) is 36.0 Å². The maximum absolute atomic E-state index is 14.9. The summed E-state index contributed by atoms with van der Waals surface area (Å²) < 4.78 is 39.1. The number of carbonyl (C=O) groups is 2. The maximum atomic E-state index is 14.9. The van der Waals surface area contributed by atoms with Crippen LogP contribution in [0.3, 0.4) is 0 Å². The van der Waals surface area contributed by atoms with Crippen molar-refractivity contribution in [3.05, 3.63) is 52.6 Å². The van der Waals surface area contributed by atoms with E-state index in [1.807, 2.05) is 0 Å². The van der Waals surface area contributed by atoms with Crippen molar-refractivity contribution < 1.29 is 27.6 Å². The van der Waals surface area contributed by atoms with Crippen LogP contribution < -0.4 is 16.2 Å². The molecule has 174 valence electrons. The molecule has 1 atom stereocenters. The SMILES string of the molecule is COCC(=O)NNC(=O)NC(C)c1ncc(-c2cc(Cl)cc(F)c2-c2noc(C)n2)cc1F. The van der Waals surface area contributed by atoms with Crippen LogP contribution in [0, 0.1) is 18.6 Å². The van der Waals surface area contributed by atoms with E-state index in [0.29, 0.717) is 0 Å². The minimum atomic E-state index is -0.867.